The predicted octanol–water partition coefficient (Wildman–Crippen LogP) is 10.6. The summed E-state index contributed by atoms with van der Waals surface area (Å²) in [7, 11) is 0. The highest BCUT2D eigenvalue weighted by molar-refractivity contribution is 6.30. The molecular weight excluding hydrogens is 525 g/mol. The van der Waals surface area contributed by atoms with Crippen molar-refractivity contribution in [3.05, 3.63) is 113 Å². The maximum atomic E-state index is 14.1. The highest BCUT2D eigenvalue weighted by Crippen LogP contribution is 2.53. The molecule has 2 heterocycles. The van der Waals surface area contributed by atoms with Crippen LogP contribution in [0.3, 0.4) is 0 Å². The minimum atomic E-state index is -4.73. The van der Waals surface area contributed by atoms with E-state index in [1.165, 1.54) is 12.1 Å². The van der Waals surface area contributed by atoms with Gasteiger partial charge in [0.1, 0.15) is 28.4 Å². The Morgan fingerprint density at radius 3 is 1.83 bits per heavy atom. The number of hydrogen-bond acceptors (Lipinski definition) is 3. The fourth-order valence-electron chi connectivity index (χ4n) is 5.80. The molecular formula is C34H17F3N2O2. The van der Waals surface area contributed by atoms with Crippen LogP contribution in [0.1, 0.15) is 16.7 Å². The molecule has 0 aliphatic heterocycles. The van der Waals surface area contributed by atoms with Gasteiger partial charge in [-0.2, -0.15) is 18.4 Å². The Morgan fingerprint density at radius 1 is 0.732 bits per heavy atom. The van der Waals surface area contributed by atoms with Gasteiger partial charge in [-0.15, -0.1) is 0 Å². The van der Waals surface area contributed by atoms with Gasteiger partial charge in [0, 0.05) is 38.2 Å². The third-order valence-corrected chi connectivity index (χ3v) is 7.52. The molecule has 0 aliphatic carbocycles. The van der Waals surface area contributed by atoms with Gasteiger partial charge < -0.3 is 8.83 Å². The fourth-order valence-corrected chi connectivity index (χ4v) is 5.80. The number of aryl methyl sites for hydroxylation is 1. The molecule has 41 heavy (non-hydrogen) atoms. The first-order valence-corrected chi connectivity index (χ1v) is 12.7. The zero-order valence-corrected chi connectivity index (χ0v) is 21.4. The molecule has 7 aromatic rings. The molecule has 5 aromatic carbocycles. The molecule has 0 saturated heterocycles. The third-order valence-electron chi connectivity index (χ3n) is 7.52. The van der Waals surface area contributed by atoms with Crippen molar-refractivity contribution in [1.82, 2.24) is 0 Å². The van der Waals surface area contributed by atoms with Gasteiger partial charge in [0.25, 0.3) is 0 Å². The van der Waals surface area contributed by atoms with Gasteiger partial charge in [0.2, 0.25) is 5.69 Å². The topological polar surface area (TPSA) is 54.4 Å². The van der Waals surface area contributed by atoms with E-state index in [-0.39, 0.29) is 5.56 Å². The lowest BCUT2D eigenvalue weighted by Gasteiger charge is -2.16. The Balaban J connectivity index is 1.82. The lowest BCUT2D eigenvalue weighted by atomic mass is 9.87. The van der Waals surface area contributed by atoms with Crippen molar-refractivity contribution in [3.63, 3.8) is 0 Å². The summed E-state index contributed by atoms with van der Waals surface area (Å²) in [6.07, 6.45) is -4.73. The standard InChI is InChI=1S/C34H17F3N2O2/c1-18-9-7-12-19(23(18)17-38)27-28-20-10-3-5-15-25(20)41-33(28)30(29-21-11-4-6-16-26(21)40-32(27)29)22-13-8-14-24(31(22)39-2)34(35,36)37/h3-16H,1H3. The van der Waals surface area contributed by atoms with Crippen LogP contribution in [0.25, 0.3) is 71.0 Å². The van der Waals surface area contributed by atoms with Crippen LogP contribution in [-0.2, 0) is 6.18 Å². The lowest BCUT2D eigenvalue weighted by molar-refractivity contribution is -0.136. The summed E-state index contributed by atoms with van der Waals surface area (Å²) in [6, 6.07) is 26.1. The molecule has 0 spiro atoms. The SMILES string of the molecule is [C-]#[N+]c1c(-c2c3oc4ccccc4c3c(-c3cccc(C)c3C#N)c3oc4ccccc4c23)cccc1C(F)(F)F. The van der Waals surface area contributed by atoms with Gasteiger partial charge in [-0.1, -0.05) is 72.8 Å². The Labute approximate surface area is 231 Å². The van der Waals surface area contributed by atoms with Crippen LogP contribution >= 0.6 is 0 Å². The van der Waals surface area contributed by atoms with Crippen LogP contribution < -0.4 is 0 Å². The Kier molecular flexibility index (Phi) is 5.22. The number of benzene rings is 5. The Hall–Kier alpha value is -5.53. The van der Waals surface area contributed by atoms with E-state index in [0.717, 1.165) is 11.6 Å². The average molecular weight is 543 g/mol. The van der Waals surface area contributed by atoms with Crippen LogP contribution in [0.4, 0.5) is 18.9 Å². The molecule has 7 rings (SSSR count). The van der Waals surface area contributed by atoms with Crippen molar-refractivity contribution in [2.75, 3.05) is 0 Å². The van der Waals surface area contributed by atoms with E-state index < -0.39 is 17.4 Å². The van der Waals surface area contributed by atoms with Crippen molar-refractivity contribution >= 4 is 49.6 Å². The average Bonchev–Trinajstić information content (AvgIpc) is 3.54. The third kappa shape index (κ3) is 3.46. The molecule has 2 aromatic heterocycles. The summed E-state index contributed by atoms with van der Waals surface area (Å²) in [6.45, 7) is 9.64. The highest BCUT2D eigenvalue weighted by Gasteiger charge is 2.36. The molecule has 0 radical (unpaired) electrons. The van der Waals surface area contributed by atoms with Gasteiger partial charge >= 0.3 is 6.18 Å². The second-order valence-corrected chi connectivity index (χ2v) is 9.78. The van der Waals surface area contributed by atoms with Gasteiger partial charge in [0.05, 0.1) is 17.7 Å². The molecule has 0 fully saturated rings. The second kappa shape index (κ2) is 8.74. The summed E-state index contributed by atoms with van der Waals surface area (Å²) in [5.74, 6) is 0. The molecule has 0 bridgehead atoms. The van der Waals surface area contributed by atoms with Crippen molar-refractivity contribution in [2.45, 2.75) is 13.1 Å². The molecule has 196 valence electrons. The van der Waals surface area contributed by atoms with E-state index in [1.807, 2.05) is 61.5 Å². The number of nitriles is 1. The minimum Gasteiger partial charge on any atom is -0.455 e. The molecule has 0 amide bonds. The van der Waals surface area contributed by atoms with E-state index >= 15 is 0 Å². The quantitative estimate of drug-likeness (QED) is 0.204. The number of furan rings is 2. The smallest absolute Gasteiger partial charge is 0.407 e. The van der Waals surface area contributed by atoms with Crippen LogP contribution in [0, 0.1) is 24.8 Å². The van der Waals surface area contributed by atoms with Gasteiger partial charge in [-0.05, 0) is 30.2 Å². The van der Waals surface area contributed by atoms with Crippen LogP contribution in [0.15, 0.2) is 93.8 Å². The van der Waals surface area contributed by atoms with Gasteiger partial charge in [-0.3, -0.25) is 0 Å². The van der Waals surface area contributed by atoms with Crippen LogP contribution in [0.2, 0.25) is 0 Å². The predicted molar refractivity (Wildman–Crippen MR) is 153 cm³/mol. The summed E-state index contributed by atoms with van der Waals surface area (Å²) in [5, 5.41) is 12.6. The maximum Gasteiger partial charge on any atom is 0.407 e. The van der Waals surface area contributed by atoms with Crippen molar-refractivity contribution < 1.29 is 22.0 Å². The zero-order chi connectivity index (χ0) is 28.5. The molecule has 4 nitrogen and oxygen atoms in total. The van der Waals surface area contributed by atoms with E-state index in [0.29, 0.717) is 66.1 Å². The summed E-state index contributed by atoms with van der Waals surface area (Å²) in [5.41, 5.74) is 3.08. The maximum absolute atomic E-state index is 14.1. The molecule has 0 saturated carbocycles. The first kappa shape index (κ1) is 24.5. The first-order chi connectivity index (χ1) is 19.8. The summed E-state index contributed by atoms with van der Waals surface area (Å²) >= 11 is 0. The first-order valence-electron chi connectivity index (χ1n) is 12.7. The fraction of sp³-hybridized carbons (Fsp3) is 0.0588. The summed E-state index contributed by atoms with van der Waals surface area (Å²) < 4.78 is 55.3. The van der Waals surface area contributed by atoms with Crippen molar-refractivity contribution in [2.24, 2.45) is 0 Å². The van der Waals surface area contributed by atoms with Gasteiger partial charge in [0.15, 0.2) is 0 Å². The number of nitrogens with zero attached hydrogens (tertiary/aromatic N) is 2. The number of fused-ring (bicyclic) bond motifs is 6. The number of halogens is 3. The number of para-hydroxylation sites is 3. The molecule has 0 unspecified atom stereocenters. The van der Waals surface area contributed by atoms with Crippen LogP contribution in [-0.4, -0.2) is 0 Å². The van der Waals surface area contributed by atoms with Gasteiger partial charge in [-0.25, -0.2) is 4.85 Å². The van der Waals surface area contributed by atoms with E-state index in [1.54, 1.807) is 12.1 Å². The van der Waals surface area contributed by atoms with E-state index in [9.17, 15) is 18.4 Å². The van der Waals surface area contributed by atoms with E-state index in [4.69, 9.17) is 15.4 Å². The summed E-state index contributed by atoms with van der Waals surface area (Å²) in [4.78, 5) is 3.38. The zero-order valence-electron chi connectivity index (χ0n) is 21.4. The van der Waals surface area contributed by atoms with E-state index in [2.05, 4.69) is 10.9 Å². The second-order valence-electron chi connectivity index (χ2n) is 9.78. The molecule has 7 heteroatoms. The Morgan fingerprint density at radius 2 is 1.27 bits per heavy atom. The largest absolute Gasteiger partial charge is 0.455 e. The highest BCUT2D eigenvalue weighted by atomic mass is 19.4. The normalized spacial score (nSPS) is 11.9. The minimum absolute atomic E-state index is 0.0896. The number of rotatable bonds is 2. The monoisotopic (exact) mass is 542 g/mol. The Bertz CT molecular complexity index is 2290. The van der Waals surface area contributed by atoms with Crippen molar-refractivity contribution in [3.8, 4) is 28.3 Å². The molecule has 0 aliphatic rings. The lowest BCUT2D eigenvalue weighted by Crippen LogP contribution is -2.05. The molecule has 0 N–H and O–H groups in total. The van der Waals surface area contributed by atoms with Crippen LogP contribution in [0.5, 0.6) is 0 Å². The number of hydrogen-bond donors (Lipinski definition) is 0. The molecule has 0 atom stereocenters. The number of alkyl halides is 3. The van der Waals surface area contributed by atoms with Crippen molar-refractivity contribution in [1.29, 1.82) is 5.26 Å².